The smallest absolute Gasteiger partial charge is 0.258 e. The first-order chi connectivity index (χ1) is 10.7. The van der Waals surface area contributed by atoms with Crippen molar-refractivity contribution in [2.24, 2.45) is 0 Å². The predicted molar refractivity (Wildman–Crippen MR) is 87.5 cm³/mol. The number of benzene rings is 2. The SMILES string of the molecule is Cc1csc2nc(NC(=O)c3cccc4ccccc34)nn12. The summed E-state index contributed by atoms with van der Waals surface area (Å²) in [6, 6.07) is 13.5. The fourth-order valence-electron chi connectivity index (χ4n) is 2.44. The Morgan fingerprint density at radius 2 is 2.00 bits per heavy atom. The number of carbonyl (C=O) groups excluding carboxylic acids is 1. The van der Waals surface area contributed by atoms with Crippen molar-refractivity contribution in [2.45, 2.75) is 6.92 Å². The molecule has 2 aromatic heterocycles. The van der Waals surface area contributed by atoms with Gasteiger partial charge in [0.1, 0.15) is 0 Å². The molecule has 0 fully saturated rings. The predicted octanol–water partition coefficient (Wildman–Crippen LogP) is 3.50. The number of fused-ring (bicyclic) bond motifs is 2. The monoisotopic (exact) mass is 308 g/mol. The van der Waals surface area contributed by atoms with Crippen molar-refractivity contribution in [3.63, 3.8) is 0 Å². The van der Waals surface area contributed by atoms with Gasteiger partial charge in [0.05, 0.1) is 5.69 Å². The van der Waals surface area contributed by atoms with Gasteiger partial charge in [-0.25, -0.2) is 4.52 Å². The molecular formula is C16H12N4OS. The van der Waals surface area contributed by atoms with Gasteiger partial charge in [0.15, 0.2) is 0 Å². The van der Waals surface area contributed by atoms with Gasteiger partial charge in [0, 0.05) is 10.9 Å². The molecule has 0 aliphatic heterocycles. The van der Waals surface area contributed by atoms with E-state index in [1.165, 1.54) is 11.3 Å². The van der Waals surface area contributed by atoms with Crippen molar-refractivity contribution in [1.29, 1.82) is 0 Å². The van der Waals surface area contributed by atoms with Gasteiger partial charge in [0.2, 0.25) is 4.96 Å². The Bertz CT molecular complexity index is 996. The molecule has 0 aliphatic carbocycles. The number of rotatable bonds is 2. The summed E-state index contributed by atoms with van der Waals surface area (Å²) >= 11 is 1.50. The fraction of sp³-hybridized carbons (Fsp3) is 0.0625. The molecule has 4 rings (SSSR count). The Kier molecular flexibility index (Phi) is 2.90. The largest absolute Gasteiger partial charge is 0.289 e. The lowest BCUT2D eigenvalue weighted by atomic mass is 10.0. The van der Waals surface area contributed by atoms with Crippen LogP contribution in [0.4, 0.5) is 5.95 Å². The summed E-state index contributed by atoms with van der Waals surface area (Å²) in [7, 11) is 0. The Hall–Kier alpha value is -2.73. The normalized spacial score (nSPS) is 11.1. The van der Waals surface area contributed by atoms with Gasteiger partial charge in [-0.2, -0.15) is 4.98 Å². The summed E-state index contributed by atoms with van der Waals surface area (Å²) in [5.41, 5.74) is 1.62. The zero-order chi connectivity index (χ0) is 15.1. The van der Waals surface area contributed by atoms with E-state index in [4.69, 9.17) is 0 Å². The van der Waals surface area contributed by atoms with E-state index < -0.39 is 0 Å². The molecule has 4 aromatic rings. The molecule has 2 heterocycles. The van der Waals surface area contributed by atoms with Crippen LogP contribution in [0, 0.1) is 6.92 Å². The van der Waals surface area contributed by atoms with Gasteiger partial charge < -0.3 is 0 Å². The third-order valence-electron chi connectivity index (χ3n) is 3.51. The molecule has 0 saturated heterocycles. The van der Waals surface area contributed by atoms with E-state index in [1.807, 2.05) is 48.7 Å². The van der Waals surface area contributed by atoms with Crippen LogP contribution in [0.25, 0.3) is 15.7 Å². The maximum Gasteiger partial charge on any atom is 0.258 e. The van der Waals surface area contributed by atoms with E-state index in [-0.39, 0.29) is 5.91 Å². The molecule has 22 heavy (non-hydrogen) atoms. The van der Waals surface area contributed by atoms with Crippen LogP contribution in [0.3, 0.4) is 0 Å². The van der Waals surface area contributed by atoms with Crippen molar-refractivity contribution in [3.8, 4) is 0 Å². The number of hydrogen-bond donors (Lipinski definition) is 1. The van der Waals surface area contributed by atoms with Gasteiger partial charge in [0.25, 0.3) is 11.9 Å². The van der Waals surface area contributed by atoms with Crippen molar-refractivity contribution >= 4 is 38.9 Å². The highest BCUT2D eigenvalue weighted by Gasteiger charge is 2.13. The van der Waals surface area contributed by atoms with Crippen molar-refractivity contribution in [1.82, 2.24) is 14.6 Å². The second-order valence-corrected chi connectivity index (χ2v) is 5.82. The third kappa shape index (κ3) is 2.05. The molecular weight excluding hydrogens is 296 g/mol. The molecule has 0 atom stereocenters. The van der Waals surface area contributed by atoms with Crippen molar-refractivity contribution in [2.75, 3.05) is 5.32 Å². The first kappa shape index (κ1) is 13.0. The molecule has 0 bridgehead atoms. The van der Waals surface area contributed by atoms with E-state index in [1.54, 1.807) is 10.6 Å². The standard InChI is InChI=1S/C16H12N4OS/c1-10-9-22-16-18-15(19-20(10)16)17-14(21)13-8-4-6-11-5-2-3-7-12(11)13/h2-9H,1H3,(H,17,19,21). The number of thiazole rings is 1. The van der Waals surface area contributed by atoms with Gasteiger partial charge in [-0.3, -0.25) is 10.1 Å². The Balaban J connectivity index is 1.71. The Morgan fingerprint density at radius 3 is 2.86 bits per heavy atom. The second kappa shape index (κ2) is 4.92. The summed E-state index contributed by atoms with van der Waals surface area (Å²) < 4.78 is 1.73. The average Bonchev–Trinajstić information content (AvgIpc) is 3.08. The minimum absolute atomic E-state index is 0.201. The van der Waals surface area contributed by atoms with E-state index in [9.17, 15) is 4.79 Å². The number of nitrogens with one attached hydrogen (secondary N) is 1. The van der Waals surface area contributed by atoms with Crippen LogP contribution < -0.4 is 5.32 Å². The van der Waals surface area contributed by atoms with E-state index in [0.717, 1.165) is 21.4 Å². The van der Waals surface area contributed by atoms with Crippen molar-refractivity contribution in [3.05, 3.63) is 59.1 Å². The van der Waals surface area contributed by atoms with Crippen LogP contribution in [0.15, 0.2) is 47.8 Å². The highest BCUT2D eigenvalue weighted by atomic mass is 32.1. The number of aryl methyl sites for hydroxylation is 1. The Labute approximate surface area is 130 Å². The minimum Gasteiger partial charge on any atom is -0.289 e. The summed E-state index contributed by atoms with van der Waals surface area (Å²) in [5, 5.41) is 11.0. The number of nitrogens with zero attached hydrogens (tertiary/aromatic N) is 3. The van der Waals surface area contributed by atoms with Gasteiger partial charge in [-0.05, 0) is 23.8 Å². The van der Waals surface area contributed by atoms with Crippen LogP contribution in [-0.2, 0) is 0 Å². The van der Waals surface area contributed by atoms with E-state index in [0.29, 0.717) is 11.5 Å². The zero-order valence-electron chi connectivity index (χ0n) is 11.8. The molecule has 0 radical (unpaired) electrons. The van der Waals surface area contributed by atoms with Crippen LogP contribution >= 0.6 is 11.3 Å². The summed E-state index contributed by atoms with van der Waals surface area (Å²) in [6.45, 7) is 1.95. The summed E-state index contributed by atoms with van der Waals surface area (Å²) in [5.74, 6) is 0.126. The quantitative estimate of drug-likeness (QED) is 0.616. The number of amides is 1. The molecule has 0 spiro atoms. The van der Waals surface area contributed by atoms with Gasteiger partial charge >= 0.3 is 0 Å². The second-order valence-electron chi connectivity index (χ2n) is 4.99. The van der Waals surface area contributed by atoms with Crippen LogP contribution in [-0.4, -0.2) is 20.5 Å². The van der Waals surface area contributed by atoms with Crippen LogP contribution in [0.5, 0.6) is 0 Å². The lowest BCUT2D eigenvalue weighted by Gasteiger charge is -2.05. The summed E-state index contributed by atoms with van der Waals surface area (Å²) in [6.07, 6.45) is 0. The highest BCUT2D eigenvalue weighted by Crippen LogP contribution is 2.20. The molecule has 2 aromatic carbocycles. The minimum atomic E-state index is -0.201. The zero-order valence-corrected chi connectivity index (χ0v) is 12.6. The maximum atomic E-state index is 12.5. The molecule has 0 saturated carbocycles. The van der Waals surface area contributed by atoms with Crippen molar-refractivity contribution < 1.29 is 4.79 Å². The lowest BCUT2D eigenvalue weighted by molar-refractivity contribution is 0.102. The fourth-order valence-corrected chi connectivity index (χ4v) is 3.24. The Morgan fingerprint density at radius 1 is 1.18 bits per heavy atom. The number of aromatic nitrogens is 3. The molecule has 108 valence electrons. The van der Waals surface area contributed by atoms with Crippen LogP contribution in [0.2, 0.25) is 0 Å². The van der Waals surface area contributed by atoms with Gasteiger partial charge in [-0.1, -0.05) is 36.4 Å². The molecule has 5 nitrogen and oxygen atoms in total. The molecule has 0 aliphatic rings. The number of anilines is 1. The third-order valence-corrected chi connectivity index (χ3v) is 4.44. The molecule has 6 heteroatoms. The number of carbonyl (C=O) groups is 1. The molecule has 0 unspecified atom stereocenters. The van der Waals surface area contributed by atoms with Gasteiger partial charge in [-0.15, -0.1) is 16.4 Å². The number of hydrogen-bond acceptors (Lipinski definition) is 4. The first-order valence-electron chi connectivity index (χ1n) is 6.82. The van der Waals surface area contributed by atoms with E-state index in [2.05, 4.69) is 15.4 Å². The topological polar surface area (TPSA) is 59.3 Å². The lowest BCUT2D eigenvalue weighted by Crippen LogP contribution is -2.13. The maximum absolute atomic E-state index is 12.5. The molecule has 1 amide bonds. The average molecular weight is 308 g/mol. The van der Waals surface area contributed by atoms with E-state index >= 15 is 0 Å². The summed E-state index contributed by atoms with van der Waals surface area (Å²) in [4.78, 5) is 17.6. The first-order valence-corrected chi connectivity index (χ1v) is 7.70. The highest BCUT2D eigenvalue weighted by molar-refractivity contribution is 7.15. The molecule has 1 N–H and O–H groups in total. The van der Waals surface area contributed by atoms with Crippen LogP contribution in [0.1, 0.15) is 16.1 Å².